The van der Waals surface area contributed by atoms with Gasteiger partial charge in [0.05, 0.1) is 0 Å². The smallest absolute Gasteiger partial charge is 0.125 e. The van der Waals surface area contributed by atoms with Crippen molar-refractivity contribution in [1.82, 2.24) is 5.32 Å². The number of piperidine rings is 1. The Hall–Kier alpha value is -1.09. The lowest BCUT2D eigenvalue weighted by Crippen LogP contribution is -2.48. The number of anilines is 1. The molecule has 0 spiro atoms. The van der Waals surface area contributed by atoms with Gasteiger partial charge in [-0.15, -0.1) is 0 Å². The molecule has 0 saturated carbocycles. The van der Waals surface area contributed by atoms with E-state index in [9.17, 15) is 4.39 Å². The van der Waals surface area contributed by atoms with E-state index in [1.807, 2.05) is 6.07 Å². The van der Waals surface area contributed by atoms with E-state index in [1.54, 1.807) is 12.1 Å². The normalized spacial score (nSPS) is 29.2. The molecule has 1 N–H and O–H groups in total. The lowest BCUT2D eigenvalue weighted by molar-refractivity contribution is 0.411. The molecule has 1 aromatic carbocycles. The lowest BCUT2D eigenvalue weighted by Gasteiger charge is -2.39. The van der Waals surface area contributed by atoms with Crippen LogP contribution < -0.4 is 10.2 Å². The summed E-state index contributed by atoms with van der Waals surface area (Å²) in [6.07, 6.45) is 3.64. The maximum absolute atomic E-state index is 13.2. The van der Waals surface area contributed by atoms with Gasteiger partial charge in [0, 0.05) is 24.3 Å². The van der Waals surface area contributed by atoms with E-state index in [4.69, 9.17) is 0 Å². The van der Waals surface area contributed by atoms with Crippen LogP contribution in [0.4, 0.5) is 10.1 Å². The Kier molecular flexibility index (Phi) is 2.56. The molecule has 86 valence electrons. The van der Waals surface area contributed by atoms with Gasteiger partial charge in [0.2, 0.25) is 0 Å². The van der Waals surface area contributed by atoms with Crippen molar-refractivity contribution < 1.29 is 4.39 Å². The van der Waals surface area contributed by atoms with Crippen LogP contribution >= 0.6 is 0 Å². The number of halogens is 1. The van der Waals surface area contributed by atoms with Gasteiger partial charge in [-0.3, -0.25) is 0 Å². The summed E-state index contributed by atoms with van der Waals surface area (Å²) in [5.41, 5.74) is 1.04. The molecule has 2 atom stereocenters. The average Bonchev–Trinajstić information content (AvgIpc) is 2.76. The second kappa shape index (κ2) is 4.06. The molecule has 0 aliphatic carbocycles. The third-order valence-electron chi connectivity index (χ3n) is 3.77. The summed E-state index contributed by atoms with van der Waals surface area (Å²) in [6.45, 7) is 2.16. The molecule has 1 aromatic rings. The molecule has 3 rings (SSSR count). The second-order valence-electron chi connectivity index (χ2n) is 4.73. The van der Waals surface area contributed by atoms with E-state index in [-0.39, 0.29) is 5.82 Å². The van der Waals surface area contributed by atoms with Gasteiger partial charge in [-0.05, 0) is 44.0 Å². The Morgan fingerprint density at radius 3 is 3.12 bits per heavy atom. The zero-order valence-corrected chi connectivity index (χ0v) is 9.32. The van der Waals surface area contributed by atoms with Gasteiger partial charge in [0.15, 0.2) is 0 Å². The number of fused-ring (bicyclic) bond motifs is 1. The third-order valence-corrected chi connectivity index (χ3v) is 3.77. The molecule has 3 heteroatoms. The van der Waals surface area contributed by atoms with Crippen LogP contribution in [0.5, 0.6) is 0 Å². The van der Waals surface area contributed by atoms with E-state index in [2.05, 4.69) is 10.2 Å². The summed E-state index contributed by atoms with van der Waals surface area (Å²) >= 11 is 0. The maximum atomic E-state index is 13.2. The van der Waals surface area contributed by atoms with Crippen molar-refractivity contribution in [3.63, 3.8) is 0 Å². The van der Waals surface area contributed by atoms with E-state index in [0.29, 0.717) is 12.1 Å². The molecule has 0 aromatic heterocycles. The van der Waals surface area contributed by atoms with Gasteiger partial charge < -0.3 is 10.2 Å². The summed E-state index contributed by atoms with van der Waals surface area (Å²) in [7, 11) is 0. The second-order valence-corrected chi connectivity index (χ2v) is 4.73. The minimum Gasteiger partial charge on any atom is -0.367 e. The molecule has 2 aliphatic heterocycles. The maximum Gasteiger partial charge on any atom is 0.125 e. The van der Waals surface area contributed by atoms with Crippen LogP contribution in [-0.4, -0.2) is 25.2 Å². The zero-order valence-electron chi connectivity index (χ0n) is 9.32. The Morgan fingerprint density at radius 2 is 2.25 bits per heavy atom. The minimum absolute atomic E-state index is 0.134. The van der Waals surface area contributed by atoms with Gasteiger partial charge in [-0.1, -0.05) is 6.07 Å². The summed E-state index contributed by atoms with van der Waals surface area (Å²) in [5.74, 6) is -0.134. The van der Waals surface area contributed by atoms with Crippen LogP contribution in [0, 0.1) is 5.82 Å². The van der Waals surface area contributed by atoms with Crippen LogP contribution in [0.1, 0.15) is 19.3 Å². The number of hydrogen-bond acceptors (Lipinski definition) is 2. The number of rotatable bonds is 1. The lowest BCUT2D eigenvalue weighted by atomic mass is 9.97. The first-order valence-corrected chi connectivity index (χ1v) is 6.10. The largest absolute Gasteiger partial charge is 0.367 e. The molecule has 2 saturated heterocycles. The predicted octanol–water partition coefficient (Wildman–Crippen LogP) is 2.16. The van der Waals surface area contributed by atoms with Gasteiger partial charge in [0.1, 0.15) is 5.82 Å². The first-order chi connectivity index (χ1) is 7.84. The molecule has 0 radical (unpaired) electrons. The SMILES string of the molecule is Fc1cccc(N2CCCC3NCCC32)c1. The monoisotopic (exact) mass is 220 g/mol. The van der Waals surface area contributed by atoms with Crippen LogP contribution in [0.15, 0.2) is 24.3 Å². The minimum atomic E-state index is -0.134. The van der Waals surface area contributed by atoms with Crippen LogP contribution in [0.25, 0.3) is 0 Å². The average molecular weight is 220 g/mol. The summed E-state index contributed by atoms with van der Waals surface area (Å²) < 4.78 is 13.2. The van der Waals surface area contributed by atoms with Gasteiger partial charge in [0.25, 0.3) is 0 Å². The van der Waals surface area contributed by atoms with Crippen molar-refractivity contribution in [1.29, 1.82) is 0 Å². The van der Waals surface area contributed by atoms with Gasteiger partial charge in [-0.2, -0.15) is 0 Å². The summed E-state index contributed by atoms with van der Waals surface area (Å²) in [5, 5.41) is 3.54. The highest BCUT2D eigenvalue weighted by atomic mass is 19.1. The van der Waals surface area contributed by atoms with Crippen LogP contribution in [-0.2, 0) is 0 Å². The Bertz CT molecular complexity index is 380. The molecule has 2 fully saturated rings. The topological polar surface area (TPSA) is 15.3 Å². The standard InChI is InChI=1S/C13H17FN2/c14-10-3-1-4-11(9-10)16-8-2-5-12-13(16)6-7-15-12/h1,3-4,9,12-13,15H,2,5-8H2. The molecule has 0 bridgehead atoms. The van der Waals surface area contributed by atoms with Crippen molar-refractivity contribution in [2.24, 2.45) is 0 Å². The molecule has 2 heterocycles. The Balaban J connectivity index is 1.88. The zero-order chi connectivity index (χ0) is 11.0. The fourth-order valence-electron chi connectivity index (χ4n) is 3.04. The van der Waals surface area contributed by atoms with E-state index >= 15 is 0 Å². The Morgan fingerprint density at radius 1 is 1.31 bits per heavy atom. The molecule has 2 unspecified atom stereocenters. The highest BCUT2D eigenvalue weighted by Crippen LogP contribution is 2.29. The quantitative estimate of drug-likeness (QED) is 0.780. The number of hydrogen-bond donors (Lipinski definition) is 1. The van der Waals surface area contributed by atoms with E-state index in [0.717, 1.165) is 18.8 Å². The fourth-order valence-corrected chi connectivity index (χ4v) is 3.04. The molecular formula is C13H17FN2. The van der Waals surface area contributed by atoms with Crippen molar-refractivity contribution in [3.05, 3.63) is 30.1 Å². The van der Waals surface area contributed by atoms with E-state index in [1.165, 1.54) is 25.3 Å². The van der Waals surface area contributed by atoms with Crippen LogP contribution in [0.3, 0.4) is 0 Å². The van der Waals surface area contributed by atoms with Crippen molar-refractivity contribution in [2.45, 2.75) is 31.3 Å². The molecule has 2 nitrogen and oxygen atoms in total. The highest BCUT2D eigenvalue weighted by molar-refractivity contribution is 5.48. The van der Waals surface area contributed by atoms with Gasteiger partial charge in [-0.25, -0.2) is 4.39 Å². The van der Waals surface area contributed by atoms with Crippen LogP contribution in [0.2, 0.25) is 0 Å². The highest BCUT2D eigenvalue weighted by Gasteiger charge is 2.34. The molecule has 2 aliphatic rings. The first-order valence-electron chi connectivity index (χ1n) is 6.10. The van der Waals surface area contributed by atoms with Gasteiger partial charge >= 0.3 is 0 Å². The summed E-state index contributed by atoms with van der Waals surface area (Å²) in [6, 6.07) is 8.16. The number of benzene rings is 1. The first kappa shape index (κ1) is 10.1. The Labute approximate surface area is 95.4 Å². The molecular weight excluding hydrogens is 203 g/mol. The molecule has 16 heavy (non-hydrogen) atoms. The van der Waals surface area contributed by atoms with E-state index < -0.39 is 0 Å². The fraction of sp³-hybridized carbons (Fsp3) is 0.538. The third kappa shape index (κ3) is 1.69. The van der Waals surface area contributed by atoms with Crippen molar-refractivity contribution in [3.8, 4) is 0 Å². The van der Waals surface area contributed by atoms with Crippen molar-refractivity contribution in [2.75, 3.05) is 18.0 Å². The van der Waals surface area contributed by atoms with Crippen molar-refractivity contribution >= 4 is 5.69 Å². The number of nitrogens with zero attached hydrogens (tertiary/aromatic N) is 1. The predicted molar refractivity (Wildman–Crippen MR) is 63.2 cm³/mol. The molecule has 0 amide bonds. The number of nitrogens with one attached hydrogen (secondary N) is 1. The summed E-state index contributed by atoms with van der Waals surface area (Å²) in [4.78, 5) is 2.37.